The molecule has 0 radical (unpaired) electrons. The summed E-state index contributed by atoms with van der Waals surface area (Å²) in [5.74, 6) is 0. The van der Waals surface area contributed by atoms with Crippen LogP contribution in [0, 0.1) is 0 Å². The van der Waals surface area contributed by atoms with E-state index in [1.165, 1.54) is 36.0 Å². The molecule has 0 spiro atoms. The predicted octanol–water partition coefficient (Wildman–Crippen LogP) is 2.72. The van der Waals surface area contributed by atoms with Gasteiger partial charge in [-0.1, -0.05) is 6.07 Å². The molecule has 0 amide bonds. The number of hydrogen-bond acceptors (Lipinski definition) is 2. The summed E-state index contributed by atoms with van der Waals surface area (Å²) in [7, 11) is 2.06. The molecule has 19 heavy (non-hydrogen) atoms. The van der Waals surface area contributed by atoms with Crippen LogP contribution in [0.3, 0.4) is 0 Å². The second kappa shape index (κ2) is 5.57. The fourth-order valence-corrected chi connectivity index (χ4v) is 2.98. The normalized spacial score (nSPS) is 18.3. The van der Waals surface area contributed by atoms with Gasteiger partial charge in [-0.25, -0.2) is 0 Å². The molecule has 0 saturated heterocycles. The van der Waals surface area contributed by atoms with Gasteiger partial charge >= 0.3 is 0 Å². The SMILES string of the molecule is CNC1CCCc2cn(CCc3cccnc3)cc21. The van der Waals surface area contributed by atoms with Gasteiger partial charge in [-0.05, 0) is 55.5 Å². The van der Waals surface area contributed by atoms with Crippen molar-refractivity contribution in [3.05, 3.63) is 53.6 Å². The van der Waals surface area contributed by atoms with Gasteiger partial charge in [0.25, 0.3) is 0 Å². The Bertz CT molecular complexity index is 530. The first kappa shape index (κ1) is 12.4. The first-order chi connectivity index (χ1) is 9.36. The van der Waals surface area contributed by atoms with Crippen molar-refractivity contribution in [3.8, 4) is 0 Å². The van der Waals surface area contributed by atoms with E-state index in [1.807, 2.05) is 18.5 Å². The van der Waals surface area contributed by atoms with E-state index in [1.54, 1.807) is 0 Å². The van der Waals surface area contributed by atoms with Gasteiger partial charge < -0.3 is 9.88 Å². The van der Waals surface area contributed by atoms with Gasteiger partial charge in [0.05, 0.1) is 0 Å². The molecule has 0 bridgehead atoms. The summed E-state index contributed by atoms with van der Waals surface area (Å²) >= 11 is 0. The van der Waals surface area contributed by atoms with Crippen molar-refractivity contribution in [2.45, 2.75) is 38.3 Å². The minimum absolute atomic E-state index is 0.545. The van der Waals surface area contributed by atoms with Crippen LogP contribution in [0.15, 0.2) is 36.9 Å². The second-order valence-electron chi connectivity index (χ2n) is 5.32. The van der Waals surface area contributed by atoms with E-state index in [4.69, 9.17) is 0 Å². The maximum absolute atomic E-state index is 4.17. The second-order valence-corrected chi connectivity index (χ2v) is 5.32. The Kier molecular flexibility index (Phi) is 3.65. The first-order valence-electron chi connectivity index (χ1n) is 7.11. The Morgan fingerprint density at radius 1 is 1.42 bits per heavy atom. The number of hydrogen-bond donors (Lipinski definition) is 1. The van der Waals surface area contributed by atoms with Gasteiger partial charge in [0.15, 0.2) is 0 Å². The minimum atomic E-state index is 0.545. The highest BCUT2D eigenvalue weighted by Gasteiger charge is 2.20. The lowest BCUT2D eigenvalue weighted by molar-refractivity contribution is 0.498. The van der Waals surface area contributed by atoms with E-state index in [-0.39, 0.29) is 0 Å². The molecule has 1 unspecified atom stereocenters. The molecule has 1 atom stereocenters. The van der Waals surface area contributed by atoms with Crippen molar-refractivity contribution in [1.29, 1.82) is 0 Å². The number of fused-ring (bicyclic) bond motifs is 1. The summed E-state index contributed by atoms with van der Waals surface area (Å²) in [4.78, 5) is 4.17. The molecule has 0 saturated carbocycles. The number of nitrogens with one attached hydrogen (secondary N) is 1. The van der Waals surface area contributed by atoms with Crippen molar-refractivity contribution in [2.75, 3.05) is 7.05 Å². The highest BCUT2D eigenvalue weighted by atomic mass is 15.0. The Hall–Kier alpha value is -1.61. The summed E-state index contributed by atoms with van der Waals surface area (Å²) < 4.78 is 2.34. The van der Waals surface area contributed by atoms with Crippen LogP contribution >= 0.6 is 0 Å². The van der Waals surface area contributed by atoms with Crippen LogP contribution in [-0.2, 0) is 19.4 Å². The highest BCUT2D eigenvalue weighted by Crippen LogP contribution is 2.30. The lowest BCUT2D eigenvalue weighted by Gasteiger charge is -2.21. The number of rotatable bonds is 4. The molecule has 0 aromatic carbocycles. The molecule has 3 heteroatoms. The predicted molar refractivity (Wildman–Crippen MR) is 77.1 cm³/mol. The van der Waals surface area contributed by atoms with E-state index < -0.39 is 0 Å². The molecule has 0 aliphatic heterocycles. The third-order valence-electron chi connectivity index (χ3n) is 4.04. The van der Waals surface area contributed by atoms with E-state index in [0.29, 0.717) is 6.04 Å². The molecular formula is C16H21N3. The average Bonchev–Trinajstić information content (AvgIpc) is 2.89. The Morgan fingerprint density at radius 3 is 3.16 bits per heavy atom. The van der Waals surface area contributed by atoms with Gasteiger partial charge in [-0.3, -0.25) is 4.98 Å². The number of aryl methyl sites for hydroxylation is 3. The molecule has 1 aliphatic carbocycles. The quantitative estimate of drug-likeness (QED) is 0.910. The maximum Gasteiger partial charge on any atom is 0.0335 e. The summed E-state index contributed by atoms with van der Waals surface area (Å²) in [5.41, 5.74) is 4.33. The van der Waals surface area contributed by atoms with Crippen LogP contribution < -0.4 is 5.32 Å². The summed E-state index contributed by atoms with van der Waals surface area (Å²) in [6, 6.07) is 4.70. The standard InChI is InChI=1S/C16H21N3/c1-17-16-6-2-5-14-11-19(12-15(14)16)9-7-13-4-3-8-18-10-13/h3-4,8,10-12,16-17H,2,5-7,9H2,1H3. The van der Waals surface area contributed by atoms with Crippen molar-refractivity contribution >= 4 is 0 Å². The molecule has 100 valence electrons. The molecule has 2 aromatic rings. The number of nitrogens with zero attached hydrogens (tertiary/aromatic N) is 2. The minimum Gasteiger partial charge on any atom is -0.353 e. The summed E-state index contributed by atoms with van der Waals surface area (Å²) in [6.45, 7) is 1.04. The number of pyridine rings is 1. The van der Waals surface area contributed by atoms with E-state index in [0.717, 1.165) is 13.0 Å². The Morgan fingerprint density at radius 2 is 2.37 bits per heavy atom. The lowest BCUT2D eigenvalue weighted by atomic mass is 9.91. The summed E-state index contributed by atoms with van der Waals surface area (Å²) in [5, 5.41) is 3.42. The zero-order valence-electron chi connectivity index (χ0n) is 11.5. The van der Waals surface area contributed by atoms with Crippen molar-refractivity contribution in [1.82, 2.24) is 14.9 Å². The zero-order valence-corrected chi connectivity index (χ0v) is 11.5. The molecular weight excluding hydrogens is 234 g/mol. The third kappa shape index (κ3) is 2.71. The molecule has 3 nitrogen and oxygen atoms in total. The van der Waals surface area contributed by atoms with Crippen LogP contribution in [0.25, 0.3) is 0 Å². The van der Waals surface area contributed by atoms with E-state index in [9.17, 15) is 0 Å². The fraction of sp³-hybridized carbons (Fsp3) is 0.438. The van der Waals surface area contributed by atoms with Gasteiger partial charge in [-0.15, -0.1) is 0 Å². The Balaban J connectivity index is 1.71. The first-order valence-corrected chi connectivity index (χ1v) is 7.11. The smallest absolute Gasteiger partial charge is 0.0335 e. The largest absolute Gasteiger partial charge is 0.353 e. The van der Waals surface area contributed by atoms with E-state index in [2.05, 4.69) is 40.4 Å². The highest BCUT2D eigenvalue weighted by molar-refractivity contribution is 5.30. The van der Waals surface area contributed by atoms with Gasteiger partial charge in [0, 0.05) is 37.4 Å². The fourth-order valence-electron chi connectivity index (χ4n) is 2.98. The van der Waals surface area contributed by atoms with Crippen LogP contribution in [0.5, 0.6) is 0 Å². The molecule has 1 aliphatic rings. The summed E-state index contributed by atoms with van der Waals surface area (Å²) in [6.07, 6.45) is 13.3. The van der Waals surface area contributed by atoms with Gasteiger partial charge in [0.1, 0.15) is 0 Å². The van der Waals surface area contributed by atoms with Crippen molar-refractivity contribution in [2.24, 2.45) is 0 Å². The van der Waals surface area contributed by atoms with Crippen molar-refractivity contribution < 1.29 is 0 Å². The topological polar surface area (TPSA) is 29.9 Å². The third-order valence-corrected chi connectivity index (χ3v) is 4.04. The van der Waals surface area contributed by atoms with Crippen LogP contribution in [0.4, 0.5) is 0 Å². The lowest BCUT2D eigenvalue weighted by Crippen LogP contribution is -2.20. The molecule has 0 fully saturated rings. The van der Waals surface area contributed by atoms with E-state index >= 15 is 0 Å². The molecule has 1 N–H and O–H groups in total. The average molecular weight is 255 g/mol. The van der Waals surface area contributed by atoms with Gasteiger partial charge in [-0.2, -0.15) is 0 Å². The van der Waals surface area contributed by atoms with Gasteiger partial charge in [0.2, 0.25) is 0 Å². The molecule has 2 aromatic heterocycles. The zero-order chi connectivity index (χ0) is 13.1. The Labute approximate surface area is 114 Å². The van der Waals surface area contributed by atoms with Crippen molar-refractivity contribution in [3.63, 3.8) is 0 Å². The molecule has 2 heterocycles. The number of aromatic nitrogens is 2. The molecule has 3 rings (SSSR count). The van der Waals surface area contributed by atoms with Crippen LogP contribution in [-0.4, -0.2) is 16.6 Å². The van der Waals surface area contributed by atoms with Crippen LogP contribution in [0.1, 0.15) is 35.6 Å². The monoisotopic (exact) mass is 255 g/mol. The van der Waals surface area contributed by atoms with Crippen LogP contribution in [0.2, 0.25) is 0 Å². The maximum atomic E-state index is 4.17.